The monoisotopic (exact) mass is 110 g/mol. The second-order valence-corrected chi connectivity index (χ2v) is 0. The SMILES string of the molecule is [B+3].[BH4-].[BH4-].[BH4-].[BH4-].[K+]. The average molecular weight is 109 g/mol. The molecule has 32 valence electrons. The zero-order valence-corrected chi connectivity index (χ0v) is 4.70. The van der Waals surface area contributed by atoms with Crippen molar-refractivity contribution in [2.75, 3.05) is 0 Å². The third-order valence-corrected chi connectivity index (χ3v) is 0. The Morgan fingerprint density at radius 3 is 0.500 bits per heavy atom. The van der Waals surface area contributed by atoms with Gasteiger partial charge in [-0.3, -0.25) is 0 Å². The van der Waals surface area contributed by atoms with E-state index < -0.39 is 0 Å². The smallest absolute Gasteiger partial charge is 0.0626 e. The Labute approximate surface area is 91.9 Å². The minimum Gasteiger partial charge on any atom is -0.0626 e. The van der Waals surface area contributed by atoms with Crippen molar-refractivity contribution >= 4 is 42.1 Å². The van der Waals surface area contributed by atoms with E-state index in [1.165, 1.54) is 0 Å². The van der Waals surface area contributed by atoms with E-state index in [1.807, 2.05) is 0 Å². The Morgan fingerprint density at radius 2 is 0.500 bits per heavy atom. The minimum absolute atomic E-state index is 0. The molecule has 0 amide bonds. The molecule has 0 aliphatic carbocycles. The van der Waals surface area contributed by atoms with E-state index in [4.69, 9.17) is 0 Å². The van der Waals surface area contributed by atoms with Gasteiger partial charge in [0, 0.05) is 0 Å². The van der Waals surface area contributed by atoms with Crippen molar-refractivity contribution in [2.24, 2.45) is 0 Å². The van der Waals surface area contributed by atoms with Crippen LogP contribution in [0.1, 0.15) is 0 Å². The van der Waals surface area contributed by atoms with Crippen molar-refractivity contribution in [1.82, 2.24) is 0 Å². The molecule has 0 saturated heterocycles. The van der Waals surface area contributed by atoms with E-state index in [0.717, 1.165) is 0 Å². The number of hydrogen-bond donors (Lipinski definition) is 0. The van der Waals surface area contributed by atoms with Crippen LogP contribution in [0.15, 0.2) is 0 Å². The van der Waals surface area contributed by atoms with E-state index in [0.29, 0.717) is 0 Å². The van der Waals surface area contributed by atoms with Crippen molar-refractivity contribution in [2.45, 2.75) is 0 Å². The van der Waals surface area contributed by atoms with Crippen LogP contribution in [0.2, 0.25) is 0 Å². The van der Waals surface area contributed by atoms with Crippen LogP contribution in [0.25, 0.3) is 0 Å². The molecule has 0 saturated carbocycles. The van der Waals surface area contributed by atoms with Gasteiger partial charge in [-0.2, -0.15) is 0 Å². The normalized spacial score (nSPS) is 0. The van der Waals surface area contributed by atoms with Crippen LogP contribution in [0.5, 0.6) is 0 Å². The fraction of sp³-hybridized carbons (Fsp3) is 0. The summed E-state index contributed by atoms with van der Waals surface area (Å²) in [6.07, 6.45) is 0. The maximum Gasteiger partial charge on any atom is 3.00 e. The Morgan fingerprint density at radius 1 is 0.500 bits per heavy atom. The van der Waals surface area contributed by atoms with Crippen LogP contribution in [0.4, 0.5) is 0 Å². The van der Waals surface area contributed by atoms with Crippen LogP contribution < -0.4 is 51.4 Å². The molecular weight excluding hydrogens is 93.2 g/mol. The molecule has 0 rings (SSSR count). The summed E-state index contributed by atoms with van der Waals surface area (Å²) in [5, 5.41) is 0. The number of rotatable bonds is 0. The van der Waals surface area contributed by atoms with Crippen LogP contribution in [-0.4, -0.2) is 42.1 Å². The van der Waals surface area contributed by atoms with Crippen LogP contribution in [0.3, 0.4) is 0 Å². The van der Waals surface area contributed by atoms with Gasteiger partial charge in [0.2, 0.25) is 0 Å². The molecule has 0 nitrogen and oxygen atoms in total. The molecule has 6 heavy (non-hydrogen) atoms. The van der Waals surface area contributed by atoms with Crippen LogP contribution in [-0.2, 0) is 0 Å². The molecule has 0 aliphatic heterocycles. The van der Waals surface area contributed by atoms with Crippen molar-refractivity contribution in [3.05, 3.63) is 0 Å². The summed E-state index contributed by atoms with van der Waals surface area (Å²) in [5.74, 6) is 0. The van der Waals surface area contributed by atoms with Gasteiger partial charge >= 0.3 is 59.8 Å². The van der Waals surface area contributed by atoms with Crippen molar-refractivity contribution in [3.8, 4) is 0 Å². The fourth-order valence-electron chi connectivity index (χ4n) is 0. The zero-order chi connectivity index (χ0) is 0. The molecule has 0 atom stereocenters. The first-order chi connectivity index (χ1) is 0. The summed E-state index contributed by atoms with van der Waals surface area (Å²) in [6, 6.07) is 0. The Kier molecular flexibility index (Phi) is 1080. The predicted octanol–water partition coefficient (Wildman–Crippen LogP) is -9.18. The van der Waals surface area contributed by atoms with Gasteiger partial charge in [-0.25, -0.2) is 0 Å². The first kappa shape index (κ1) is 100. The van der Waals surface area contributed by atoms with E-state index in [2.05, 4.69) is 0 Å². The van der Waals surface area contributed by atoms with Gasteiger partial charge in [-0.1, -0.05) is 33.7 Å². The van der Waals surface area contributed by atoms with Gasteiger partial charge in [0.25, 0.3) is 0 Å². The maximum atomic E-state index is 0. The summed E-state index contributed by atoms with van der Waals surface area (Å²) in [6.45, 7) is 0. The standard InChI is InChI=1S/4BH4.B.K/h4*1H4;;/q4*-1;+3;+1. The largest absolute Gasteiger partial charge is 3.00 e. The van der Waals surface area contributed by atoms with Crippen LogP contribution in [0, 0.1) is 0 Å². The summed E-state index contributed by atoms with van der Waals surface area (Å²) in [5.41, 5.74) is 0. The minimum atomic E-state index is 0. The molecule has 0 bridgehead atoms. The average Bonchev–Trinajstić information content (AvgIpc) is 0. The molecule has 0 spiro atoms. The molecule has 0 heterocycles. The third kappa shape index (κ3) is 38.2. The molecule has 0 unspecified atom stereocenters. The van der Waals surface area contributed by atoms with Gasteiger partial charge in [0.1, 0.15) is 0 Å². The molecule has 0 N–H and O–H groups in total. The van der Waals surface area contributed by atoms with Gasteiger partial charge in [0.15, 0.2) is 0 Å². The third-order valence-electron chi connectivity index (χ3n) is 0. The Balaban J connectivity index is 0. The summed E-state index contributed by atoms with van der Waals surface area (Å²) < 4.78 is 0. The van der Waals surface area contributed by atoms with E-state index >= 15 is 0 Å². The number of hydrogen-bond acceptors (Lipinski definition) is 0. The van der Waals surface area contributed by atoms with Crippen molar-refractivity contribution in [1.29, 1.82) is 0 Å². The van der Waals surface area contributed by atoms with Crippen molar-refractivity contribution < 1.29 is 51.4 Å². The van der Waals surface area contributed by atoms with E-state index in [9.17, 15) is 0 Å². The molecule has 0 aromatic rings. The van der Waals surface area contributed by atoms with E-state index in [-0.39, 0.29) is 93.4 Å². The van der Waals surface area contributed by atoms with Gasteiger partial charge < -0.3 is 0 Å². The first-order valence-electron chi connectivity index (χ1n) is 0. The molecule has 0 aromatic heterocycles. The topological polar surface area (TPSA) is 0 Å². The maximum absolute atomic E-state index is 0. The first-order valence-corrected chi connectivity index (χ1v) is 0. The van der Waals surface area contributed by atoms with Crippen molar-refractivity contribution in [3.63, 3.8) is 0 Å². The molecule has 0 radical (unpaired) electrons. The Bertz CT molecular complexity index is 3.90. The van der Waals surface area contributed by atoms with Crippen LogP contribution >= 0.6 is 0 Å². The summed E-state index contributed by atoms with van der Waals surface area (Å²) in [7, 11) is 0. The molecule has 0 aromatic carbocycles. The quantitative estimate of drug-likeness (QED) is 0.271. The predicted molar refractivity (Wildman–Crippen MR) is 51.1 cm³/mol. The molecular formula is H16B5K. The van der Waals surface area contributed by atoms with Gasteiger partial charge in [-0.15, -0.1) is 0 Å². The molecule has 0 fully saturated rings. The van der Waals surface area contributed by atoms with Gasteiger partial charge in [-0.05, 0) is 0 Å². The molecule has 6 heteroatoms. The zero-order valence-electron chi connectivity index (χ0n) is 1.58. The second-order valence-electron chi connectivity index (χ2n) is 0. The van der Waals surface area contributed by atoms with E-state index in [1.54, 1.807) is 0 Å². The molecule has 0 aliphatic rings. The Hall–Kier alpha value is 1.96. The fourth-order valence-corrected chi connectivity index (χ4v) is 0. The summed E-state index contributed by atoms with van der Waals surface area (Å²) in [4.78, 5) is 0. The van der Waals surface area contributed by atoms with Gasteiger partial charge in [0.05, 0.1) is 0 Å². The second kappa shape index (κ2) is 64.3. The summed E-state index contributed by atoms with van der Waals surface area (Å²) >= 11 is 0.